The monoisotopic (exact) mass is 1020 g/mol. The normalized spacial score (nSPS) is 11.5. The van der Waals surface area contributed by atoms with E-state index in [0.717, 1.165) is 75.8 Å². The van der Waals surface area contributed by atoms with Gasteiger partial charge in [0, 0.05) is 37.1 Å². The number of carbonyl (C=O) groups is 4. The molecule has 2 aromatic heterocycles. The van der Waals surface area contributed by atoms with Crippen LogP contribution in [0.3, 0.4) is 0 Å². The summed E-state index contributed by atoms with van der Waals surface area (Å²) in [5.74, 6) is 0.224. The number of hydrogen-bond donors (Lipinski definition) is 1. The van der Waals surface area contributed by atoms with Crippen molar-refractivity contribution < 1.29 is 28.7 Å². The summed E-state index contributed by atoms with van der Waals surface area (Å²) >= 11 is 0. The fourth-order valence-electron chi connectivity index (χ4n) is 8.76. The lowest BCUT2D eigenvalue weighted by molar-refractivity contribution is -0.155. The van der Waals surface area contributed by atoms with E-state index < -0.39 is 18.1 Å². The van der Waals surface area contributed by atoms with Gasteiger partial charge in [0.2, 0.25) is 17.6 Å². The summed E-state index contributed by atoms with van der Waals surface area (Å²) < 4.78 is 11.9. The molecule has 0 bridgehead atoms. The lowest BCUT2D eigenvalue weighted by atomic mass is 9.97. The Morgan fingerprint density at radius 3 is 1.43 bits per heavy atom. The zero-order valence-electron chi connectivity index (χ0n) is 43.3. The highest BCUT2D eigenvalue weighted by Gasteiger charge is 2.34. The Bertz CT molecular complexity index is 2830. The number of amides is 2. The van der Waals surface area contributed by atoms with Crippen molar-refractivity contribution in [1.29, 1.82) is 0 Å². The van der Waals surface area contributed by atoms with Crippen molar-refractivity contribution in [3.05, 3.63) is 144 Å². The summed E-state index contributed by atoms with van der Waals surface area (Å²) in [6.45, 7) is 13.1. The van der Waals surface area contributed by atoms with Crippen LogP contribution in [0.25, 0.3) is 45.0 Å². The number of unbranched alkanes of at least 4 members (excludes halogenated alkanes) is 2. The summed E-state index contributed by atoms with van der Waals surface area (Å²) in [6.07, 6.45) is 4.20. The minimum absolute atomic E-state index is 0. The average molecular weight is 1020 g/mol. The van der Waals surface area contributed by atoms with E-state index >= 15 is 0 Å². The van der Waals surface area contributed by atoms with Gasteiger partial charge >= 0.3 is 11.9 Å². The summed E-state index contributed by atoms with van der Waals surface area (Å²) in [7, 11) is 2.73. The second-order valence-electron chi connectivity index (χ2n) is 18.5. The zero-order chi connectivity index (χ0) is 52.3. The molecule has 75 heavy (non-hydrogen) atoms. The van der Waals surface area contributed by atoms with Crippen LogP contribution in [-0.2, 0) is 48.3 Å². The predicted molar refractivity (Wildman–Crippen MR) is 294 cm³/mol. The largest absolute Gasteiger partial charge is 0.467 e. The van der Waals surface area contributed by atoms with E-state index in [1.54, 1.807) is 14.5 Å². The molecule has 0 unspecified atom stereocenters. The topological polar surface area (TPSA) is 191 Å². The fourth-order valence-corrected chi connectivity index (χ4v) is 8.76. The van der Waals surface area contributed by atoms with Gasteiger partial charge in [-0.1, -0.05) is 197 Å². The highest BCUT2D eigenvalue weighted by molar-refractivity contribution is 5.86. The molecule has 5 aromatic carbocycles. The van der Waals surface area contributed by atoms with Crippen molar-refractivity contribution in [3.63, 3.8) is 0 Å². The minimum atomic E-state index is -0.641. The molecule has 16 nitrogen and oxygen atoms in total. The van der Waals surface area contributed by atoms with E-state index in [2.05, 4.69) is 61.3 Å². The van der Waals surface area contributed by atoms with Crippen LogP contribution in [0.1, 0.15) is 112 Å². The SMILES string of the molecule is C.C.CCCCC(=O)N(Cc1ccc(-c2ccccc2-c2nn[nH]n2)cc1)[C@H](C(=O)OC)C(C)C.CCCCC(=O)N(Cc1ccc(-c2ccccc2-c2nnnn2Cc2ccccc2)cc1)[C@H](C(=O)OC)C(C)C. The molecule has 2 amide bonds. The number of esters is 2. The molecule has 7 rings (SSSR count). The summed E-state index contributed by atoms with van der Waals surface area (Å²) in [5.41, 5.74) is 8.79. The zero-order valence-corrected chi connectivity index (χ0v) is 43.3. The van der Waals surface area contributed by atoms with E-state index in [4.69, 9.17) is 9.47 Å². The molecule has 2 atom stereocenters. The number of ether oxygens (including phenoxy) is 2. The summed E-state index contributed by atoms with van der Waals surface area (Å²) in [5, 5.41) is 26.9. The molecule has 398 valence electrons. The molecular weight excluding hydrogens is 945 g/mol. The predicted octanol–water partition coefficient (Wildman–Crippen LogP) is 11.3. The molecule has 0 aliphatic carbocycles. The Hall–Kier alpha value is -7.88. The second-order valence-corrected chi connectivity index (χ2v) is 18.5. The molecule has 7 aromatic rings. The molecule has 0 aliphatic rings. The number of aromatic nitrogens is 8. The van der Waals surface area contributed by atoms with E-state index in [-0.39, 0.29) is 44.5 Å². The first-order valence-electron chi connectivity index (χ1n) is 25.0. The number of tetrazole rings is 2. The van der Waals surface area contributed by atoms with Crippen LogP contribution in [0.4, 0.5) is 0 Å². The van der Waals surface area contributed by atoms with Crippen molar-refractivity contribution in [2.75, 3.05) is 14.2 Å². The first kappa shape index (κ1) is 59.7. The smallest absolute Gasteiger partial charge is 0.328 e. The number of rotatable bonds is 22. The van der Waals surface area contributed by atoms with E-state index in [9.17, 15) is 19.2 Å². The van der Waals surface area contributed by atoms with Crippen LogP contribution in [0.2, 0.25) is 0 Å². The highest BCUT2D eigenvalue weighted by Crippen LogP contribution is 2.33. The number of hydrogen-bond acceptors (Lipinski definition) is 12. The first-order chi connectivity index (χ1) is 35.4. The van der Waals surface area contributed by atoms with Gasteiger partial charge in [-0.25, -0.2) is 14.3 Å². The van der Waals surface area contributed by atoms with Crippen molar-refractivity contribution in [3.8, 4) is 45.0 Å². The maximum Gasteiger partial charge on any atom is 0.328 e. The molecule has 1 N–H and O–H groups in total. The van der Waals surface area contributed by atoms with Gasteiger partial charge in [0.1, 0.15) is 12.1 Å². The highest BCUT2D eigenvalue weighted by atomic mass is 16.5. The third-order valence-corrected chi connectivity index (χ3v) is 12.6. The Kier molecular flexibility index (Phi) is 23.7. The third kappa shape index (κ3) is 15.8. The van der Waals surface area contributed by atoms with Gasteiger partial charge in [-0.05, 0) is 79.3 Å². The number of benzene rings is 5. The molecule has 0 fully saturated rings. The number of aromatic amines is 1. The van der Waals surface area contributed by atoms with E-state index in [1.807, 2.05) is 144 Å². The minimum Gasteiger partial charge on any atom is -0.467 e. The van der Waals surface area contributed by atoms with Crippen LogP contribution in [0.15, 0.2) is 127 Å². The van der Waals surface area contributed by atoms with Crippen molar-refractivity contribution in [1.82, 2.24) is 50.6 Å². The number of nitrogens with zero attached hydrogens (tertiary/aromatic N) is 9. The van der Waals surface area contributed by atoms with Crippen LogP contribution in [0.5, 0.6) is 0 Å². The van der Waals surface area contributed by atoms with Gasteiger partial charge in [-0.2, -0.15) is 5.21 Å². The summed E-state index contributed by atoms with van der Waals surface area (Å²) in [4.78, 5) is 54.7. The Labute approximate surface area is 443 Å². The van der Waals surface area contributed by atoms with Crippen LogP contribution in [0, 0.1) is 11.8 Å². The van der Waals surface area contributed by atoms with E-state index in [0.29, 0.717) is 44.1 Å². The van der Waals surface area contributed by atoms with Gasteiger partial charge < -0.3 is 19.3 Å². The lowest BCUT2D eigenvalue weighted by Crippen LogP contribution is -2.48. The Balaban J connectivity index is 0.000000322. The number of carbonyl (C=O) groups excluding carboxylic acids is 4. The third-order valence-electron chi connectivity index (χ3n) is 12.6. The summed E-state index contributed by atoms with van der Waals surface area (Å²) in [6, 6.07) is 40.8. The molecule has 0 aliphatic heterocycles. The lowest BCUT2D eigenvalue weighted by Gasteiger charge is -2.32. The molecule has 0 radical (unpaired) electrons. The first-order valence-corrected chi connectivity index (χ1v) is 25.0. The Morgan fingerprint density at radius 2 is 1.00 bits per heavy atom. The molecule has 16 heteroatoms. The van der Waals surface area contributed by atoms with Gasteiger partial charge in [-0.15, -0.1) is 15.3 Å². The van der Waals surface area contributed by atoms with E-state index in [1.165, 1.54) is 14.2 Å². The Morgan fingerprint density at radius 1 is 0.560 bits per heavy atom. The second kappa shape index (κ2) is 29.7. The molecular formula is C59H76N10O6. The maximum absolute atomic E-state index is 13.2. The molecule has 0 saturated carbocycles. The van der Waals surface area contributed by atoms with Crippen molar-refractivity contribution in [2.45, 2.75) is 127 Å². The van der Waals surface area contributed by atoms with Crippen molar-refractivity contribution >= 4 is 23.8 Å². The quantitative estimate of drug-likeness (QED) is 0.0633. The van der Waals surface area contributed by atoms with Crippen molar-refractivity contribution in [2.24, 2.45) is 11.8 Å². The average Bonchev–Trinajstić information content (AvgIpc) is 4.13. The fraction of sp³-hybridized carbons (Fsp3) is 0.390. The standard InChI is InChI=1S/C32H37N5O3.C25H31N5O3.2CH4/c1-5-6-16-29(38)36(30(23(2)3)32(39)40-4)21-25-17-19-26(20-18-25)27-14-10-11-15-28(27)31-33-34-35-37(31)22-24-12-8-7-9-13-24;1-5-6-11-22(31)30(23(17(2)3)25(32)33-4)16-18-12-14-19(15-13-18)20-9-7-8-10-21(20)24-26-28-29-27-24;;/h7-15,17-20,23,30H,5-6,16,21-22H2,1-4H3;7-10,12-15,17,23H,5-6,11,16H2,1-4H3,(H,26,27,28,29);2*1H4/t30-;23-;;/m00../s1. The number of H-pyrrole nitrogens is 1. The maximum atomic E-state index is 13.2. The van der Waals surface area contributed by atoms with Gasteiger partial charge in [0.15, 0.2) is 5.82 Å². The number of nitrogens with one attached hydrogen (secondary N) is 1. The van der Waals surface area contributed by atoms with Crippen LogP contribution >= 0.6 is 0 Å². The molecule has 0 saturated heterocycles. The van der Waals surface area contributed by atoms with Crippen LogP contribution < -0.4 is 0 Å². The van der Waals surface area contributed by atoms with Gasteiger partial charge in [-0.3, -0.25) is 9.59 Å². The molecule has 0 spiro atoms. The van der Waals surface area contributed by atoms with Crippen LogP contribution in [-0.4, -0.2) is 101 Å². The van der Waals surface area contributed by atoms with Gasteiger partial charge in [0.05, 0.1) is 20.8 Å². The number of methoxy groups -OCH3 is 2. The molecule has 2 heterocycles. The van der Waals surface area contributed by atoms with Gasteiger partial charge in [0.25, 0.3) is 0 Å².